The molecular formula is C11H24N2O2. The van der Waals surface area contributed by atoms with Crippen LogP contribution in [0.25, 0.3) is 0 Å². The van der Waals surface area contributed by atoms with Crippen molar-refractivity contribution in [2.75, 3.05) is 33.3 Å². The average Bonchev–Trinajstić information content (AvgIpc) is 2.24. The van der Waals surface area contributed by atoms with Crippen LogP contribution in [-0.2, 0) is 4.79 Å². The minimum Gasteiger partial charge on any atom is -0.396 e. The second-order valence-electron chi connectivity index (χ2n) is 3.70. The number of carbonyl (C=O) groups excluding carboxylic acids is 1. The number of unbranched alkanes of at least 4 members (excludes halogenated alkanes) is 2. The van der Waals surface area contributed by atoms with Crippen molar-refractivity contribution in [2.24, 2.45) is 0 Å². The molecule has 1 amide bonds. The second kappa shape index (κ2) is 9.93. The Hall–Kier alpha value is -0.610. The minimum absolute atomic E-state index is 0.194. The molecule has 0 fully saturated rings. The molecule has 15 heavy (non-hydrogen) atoms. The minimum atomic E-state index is 0.194. The monoisotopic (exact) mass is 216 g/mol. The van der Waals surface area contributed by atoms with E-state index >= 15 is 0 Å². The first-order valence-electron chi connectivity index (χ1n) is 5.78. The van der Waals surface area contributed by atoms with Crippen LogP contribution in [0.4, 0.5) is 0 Å². The molecule has 0 saturated carbocycles. The summed E-state index contributed by atoms with van der Waals surface area (Å²) in [7, 11) is 1.84. The summed E-state index contributed by atoms with van der Waals surface area (Å²) in [5.41, 5.74) is 0. The molecule has 4 heteroatoms. The fourth-order valence-corrected chi connectivity index (χ4v) is 1.33. The van der Waals surface area contributed by atoms with E-state index in [1.54, 1.807) is 4.90 Å². The van der Waals surface area contributed by atoms with Gasteiger partial charge in [0.05, 0.1) is 0 Å². The zero-order valence-corrected chi connectivity index (χ0v) is 9.96. The highest BCUT2D eigenvalue weighted by Gasteiger charge is 2.06. The van der Waals surface area contributed by atoms with Gasteiger partial charge in [-0.15, -0.1) is 0 Å². The van der Waals surface area contributed by atoms with Crippen molar-refractivity contribution in [3.63, 3.8) is 0 Å². The van der Waals surface area contributed by atoms with E-state index in [-0.39, 0.29) is 12.5 Å². The van der Waals surface area contributed by atoms with E-state index in [0.717, 1.165) is 38.9 Å². The Labute approximate surface area is 92.7 Å². The first-order valence-corrected chi connectivity index (χ1v) is 5.78. The summed E-state index contributed by atoms with van der Waals surface area (Å²) >= 11 is 0. The maximum Gasteiger partial charge on any atom is 0.223 e. The summed E-state index contributed by atoms with van der Waals surface area (Å²) in [6.45, 7) is 4.75. The van der Waals surface area contributed by atoms with Gasteiger partial charge in [-0.2, -0.15) is 0 Å². The van der Waals surface area contributed by atoms with Crippen molar-refractivity contribution < 1.29 is 9.90 Å². The largest absolute Gasteiger partial charge is 0.396 e. The molecule has 0 atom stereocenters. The van der Waals surface area contributed by atoms with Crippen LogP contribution >= 0.6 is 0 Å². The van der Waals surface area contributed by atoms with Crippen molar-refractivity contribution in [3.8, 4) is 0 Å². The topological polar surface area (TPSA) is 52.6 Å². The van der Waals surface area contributed by atoms with Gasteiger partial charge in [-0.05, 0) is 25.8 Å². The van der Waals surface area contributed by atoms with Crippen molar-refractivity contribution in [2.45, 2.75) is 32.6 Å². The average molecular weight is 216 g/mol. The first-order chi connectivity index (χ1) is 7.22. The number of carbonyl (C=O) groups is 1. The third-order valence-electron chi connectivity index (χ3n) is 2.34. The van der Waals surface area contributed by atoms with Gasteiger partial charge in [-0.25, -0.2) is 0 Å². The van der Waals surface area contributed by atoms with Gasteiger partial charge in [0.2, 0.25) is 5.91 Å². The fourth-order valence-electron chi connectivity index (χ4n) is 1.33. The fraction of sp³-hybridized carbons (Fsp3) is 0.909. The van der Waals surface area contributed by atoms with Crippen LogP contribution in [0, 0.1) is 0 Å². The van der Waals surface area contributed by atoms with Crippen molar-refractivity contribution in [3.05, 3.63) is 0 Å². The maximum atomic E-state index is 11.5. The van der Waals surface area contributed by atoms with Crippen LogP contribution in [-0.4, -0.2) is 49.2 Å². The van der Waals surface area contributed by atoms with E-state index in [4.69, 9.17) is 5.11 Å². The number of nitrogens with zero attached hydrogens (tertiary/aromatic N) is 1. The lowest BCUT2D eigenvalue weighted by Gasteiger charge is -2.16. The van der Waals surface area contributed by atoms with Crippen molar-refractivity contribution in [1.29, 1.82) is 0 Å². The van der Waals surface area contributed by atoms with Crippen LogP contribution in [0.1, 0.15) is 32.6 Å². The van der Waals surface area contributed by atoms with Gasteiger partial charge >= 0.3 is 0 Å². The van der Waals surface area contributed by atoms with Crippen LogP contribution in [0.15, 0.2) is 0 Å². The number of amides is 1. The zero-order valence-electron chi connectivity index (χ0n) is 9.96. The predicted molar refractivity (Wildman–Crippen MR) is 61.7 cm³/mol. The van der Waals surface area contributed by atoms with E-state index in [2.05, 4.69) is 5.32 Å². The van der Waals surface area contributed by atoms with E-state index in [1.165, 1.54) is 0 Å². The molecule has 4 nitrogen and oxygen atoms in total. The van der Waals surface area contributed by atoms with Crippen LogP contribution in [0.5, 0.6) is 0 Å². The third kappa shape index (κ3) is 8.39. The quantitative estimate of drug-likeness (QED) is 0.555. The molecule has 0 rings (SSSR count). The summed E-state index contributed by atoms with van der Waals surface area (Å²) in [4.78, 5) is 13.3. The number of hydrogen-bond acceptors (Lipinski definition) is 3. The van der Waals surface area contributed by atoms with Crippen molar-refractivity contribution in [1.82, 2.24) is 10.2 Å². The Bertz CT molecular complexity index is 163. The Morgan fingerprint density at radius 3 is 2.67 bits per heavy atom. The lowest BCUT2D eigenvalue weighted by molar-refractivity contribution is -0.129. The SMILES string of the molecule is CCNCCC(=O)N(C)CCCCCO. The number of aliphatic hydroxyl groups is 1. The Kier molecular flexibility index (Phi) is 9.52. The van der Waals surface area contributed by atoms with E-state index in [1.807, 2.05) is 14.0 Å². The van der Waals surface area contributed by atoms with Gasteiger partial charge in [-0.1, -0.05) is 6.92 Å². The first kappa shape index (κ1) is 14.4. The van der Waals surface area contributed by atoms with Gasteiger partial charge in [-0.3, -0.25) is 4.79 Å². The standard InChI is InChI=1S/C11H24N2O2/c1-3-12-8-7-11(15)13(2)9-5-4-6-10-14/h12,14H,3-10H2,1-2H3. The van der Waals surface area contributed by atoms with Gasteiger partial charge in [0, 0.05) is 33.2 Å². The third-order valence-corrected chi connectivity index (χ3v) is 2.34. The van der Waals surface area contributed by atoms with E-state index in [9.17, 15) is 4.79 Å². The van der Waals surface area contributed by atoms with Gasteiger partial charge in [0.25, 0.3) is 0 Å². The maximum absolute atomic E-state index is 11.5. The number of aliphatic hydroxyl groups excluding tert-OH is 1. The molecule has 0 unspecified atom stereocenters. The van der Waals surface area contributed by atoms with E-state index < -0.39 is 0 Å². The summed E-state index contributed by atoms with van der Waals surface area (Å²) in [5, 5.41) is 11.7. The molecule has 2 N–H and O–H groups in total. The summed E-state index contributed by atoms with van der Waals surface area (Å²) in [6.07, 6.45) is 3.37. The number of rotatable bonds is 9. The Morgan fingerprint density at radius 2 is 2.07 bits per heavy atom. The lowest BCUT2D eigenvalue weighted by Crippen LogP contribution is -2.30. The highest BCUT2D eigenvalue weighted by atomic mass is 16.2. The summed E-state index contributed by atoms with van der Waals surface area (Å²) in [5.74, 6) is 0.194. The molecule has 0 bridgehead atoms. The molecule has 0 spiro atoms. The molecule has 0 aromatic heterocycles. The van der Waals surface area contributed by atoms with Gasteiger partial charge in [0.1, 0.15) is 0 Å². The smallest absolute Gasteiger partial charge is 0.223 e. The van der Waals surface area contributed by atoms with E-state index in [0.29, 0.717) is 6.42 Å². The number of hydrogen-bond donors (Lipinski definition) is 2. The van der Waals surface area contributed by atoms with Gasteiger partial charge < -0.3 is 15.3 Å². The molecule has 0 saturated heterocycles. The Balaban J connectivity index is 3.42. The molecule has 0 radical (unpaired) electrons. The molecule has 90 valence electrons. The van der Waals surface area contributed by atoms with Crippen molar-refractivity contribution >= 4 is 5.91 Å². The summed E-state index contributed by atoms with van der Waals surface area (Å²) in [6, 6.07) is 0. The van der Waals surface area contributed by atoms with Crippen LogP contribution < -0.4 is 5.32 Å². The summed E-state index contributed by atoms with van der Waals surface area (Å²) < 4.78 is 0. The molecule has 0 aliphatic rings. The number of nitrogens with one attached hydrogen (secondary N) is 1. The molecule has 0 aliphatic heterocycles. The lowest BCUT2D eigenvalue weighted by atomic mass is 10.2. The molecule has 0 aromatic rings. The molecular weight excluding hydrogens is 192 g/mol. The second-order valence-corrected chi connectivity index (χ2v) is 3.70. The van der Waals surface area contributed by atoms with Crippen LogP contribution in [0.3, 0.4) is 0 Å². The zero-order chi connectivity index (χ0) is 11.5. The molecule has 0 heterocycles. The highest BCUT2D eigenvalue weighted by Crippen LogP contribution is 1.98. The van der Waals surface area contributed by atoms with Crippen LogP contribution in [0.2, 0.25) is 0 Å². The Morgan fingerprint density at radius 1 is 1.33 bits per heavy atom. The highest BCUT2D eigenvalue weighted by molar-refractivity contribution is 5.75. The molecule has 0 aromatic carbocycles. The predicted octanol–water partition coefficient (Wildman–Crippen LogP) is 0.607. The van der Waals surface area contributed by atoms with Gasteiger partial charge in [0.15, 0.2) is 0 Å². The normalized spacial score (nSPS) is 10.3. The molecule has 0 aliphatic carbocycles.